The summed E-state index contributed by atoms with van der Waals surface area (Å²) in [7, 11) is -3.77. The van der Waals surface area contributed by atoms with Gasteiger partial charge in [0.1, 0.15) is 0 Å². The quantitative estimate of drug-likeness (QED) is 0.887. The summed E-state index contributed by atoms with van der Waals surface area (Å²) in [6, 6.07) is 4.47. The molecule has 0 fully saturated rings. The number of nitrogens with zero attached hydrogens (tertiary/aromatic N) is 1. The summed E-state index contributed by atoms with van der Waals surface area (Å²) in [5.74, 6) is -0.572. The predicted molar refractivity (Wildman–Crippen MR) is 82.4 cm³/mol. The maximum absolute atomic E-state index is 12.3. The molecule has 0 aliphatic heterocycles. The van der Waals surface area contributed by atoms with Crippen LogP contribution in [0, 0.1) is 13.8 Å². The number of hydrogen-bond donors (Lipinski definition) is 2. The Hall–Kier alpha value is -1.64. The van der Waals surface area contributed by atoms with Crippen molar-refractivity contribution in [1.29, 1.82) is 0 Å². The molecular formula is C12H12ClN3O3S2. The third kappa shape index (κ3) is 3.34. The number of halogens is 1. The highest BCUT2D eigenvalue weighted by molar-refractivity contribution is 7.94. The number of hydrogen-bond acceptors (Lipinski definition) is 5. The van der Waals surface area contributed by atoms with Crippen LogP contribution < -0.4 is 10.5 Å². The van der Waals surface area contributed by atoms with Gasteiger partial charge in [0, 0.05) is 5.56 Å². The number of rotatable bonds is 4. The zero-order valence-electron chi connectivity index (χ0n) is 11.2. The lowest BCUT2D eigenvalue weighted by Crippen LogP contribution is -2.15. The third-order valence-corrected chi connectivity index (χ3v) is 5.96. The van der Waals surface area contributed by atoms with Crippen LogP contribution in [0.25, 0.3) is 0 Å². The number of amides is 1. The minimum atomic E-state index is -3.77. The van der Waals surface area contributed by atoms with Crippen LogP contribution in [0.1, 0.15) is 21.6 Å². The fraction of sp³-hybridized carbons (Fsp3) is 0.167. The molecule has 0 saturated heterocycles. The van der Waals surface area contributed by atoms with E-state index in [9.17, 15) is 13.2 Å². The van der Waals surface area contributed by atoms with Gasteiger partial charge in [-0.1, -0.05) is 22.9 Å². The van der Waals surface area contributed by atoms with E-state index in [2.05, 4.69) is 9.71 Å². The lowest BCUT2D eigenvalue weighted by Gasteiger charge is -2.10. The lowest BCUT2D eigenvalue weighted by molar-refractivity contribution is 0.1000. The topological polar surface area (TPSA) is 102 Å². The average molecular weight is 346 g/mol. The van der Waals surface area contributed by atoms with E-state index >= 15 is 0 Å². The Balaban J connectivity index is 2.37. The summed E-state index contributed by atoms with van der Waals surface area (Å²) in [6.45, 7) is 3.25. The molecule has 1 amide bonds. The maximum atomic E-state index is 12.3. The fourth-order valence-corrected chi connectivity index (χ4v) is 4.59. The smallest absolute Gasteiger partial charge is 0.273 e. The van der Waals surface area contributed by atoms with Gasteiger partial charge in [0.2, 0.25) is 5.91 Å². The molecule has 1 heterocycles. The van der Waals surface area contributed by atoms with Gasteiger partial charge in [-0.25, -0.2) is 13.4 Å². The molecule has 2 aromatic rings. The molecule has 0 spiro atoms. The van der Waals surface area contributed by atoms with E-state index in [0.717, 1.165) is 11.3 Å². The number of anilines is 1. The van der Waals surface area contributed by atoms with E-state index < -0.39 is 15.9 Å². The van der Waals surface area contributed by atoms with Gasteiger partial charge in [0.25, 0.3) is 10.0 Å². The highest BCUT2D eigenvalue weighted by Gasteiger charge is 2.22. The minimum Gasteiger partial charge on any atom is -0.366 e. The van der Waals surface area contributed by atoms with Gasteiger partial charge < -0.3 is 5.73 Å². The molecule has 112 valence electrons. The number of primary amides is 1. The molecule has 21 heavy (non-hydrogen) atoms. The first-order valence-corrected chi connectivity index (χ1v) is 8.44. The van der Waals surface area contributed by atoms with Crippen LogP contribution in [0.2, 0.25) is 4.47 Å². The molecule has 0 aliphatic rings. The first-order valence-electron chi connectivity index (χ1n) is 5.77. The summed E-state index contributed by atoms with van der Waals surface area (Å²) in [6.07, 6.45) is 0. The van der Waals surface area contributed by atoms with Crippen LogP contribution in [-0.4, -0.2) is 19.3 Å². The minimum absolute atomic E-state index is 0.0610. The number of aromatic nitrogens is 1. The van der Waals surface area contributed by atoms with E-state index in [1.54, 1.807) is 13.8 Å². The number of nitrogens with two attached hydrogens (primary N) is 1. The Kier molecular flexibility index (Phi) is 4.22. The van der Waals surface area contributed by atoms with Crippen molar-refractivity contribution in [2.75, 3.05) is 4.72 Å². The fourth-order valence-electron chi connectivity index (χ4n) is 1.72. The normalized spacial score (nSPS) is 11.4. The number of sulfonamides is 1. The second-order valence-corrected chi connectivity index (χ2v) is 7.80. The largest absolute Gasteiger partial charge is 0.366 e. The van der Waals surface area contributed by atoms with Crippen molar-refractivity contribution in [1.82, 2.24) is 4.98 Å². The van der Waals surface area contributed by atoms with Gasteiger partial charge >= 0.3 is 0 Å². The first kappa shape index (κ1) is 15.7. The van der Waals surface area contributed by atoms with Crippen LogP contribution in [0.5, 0.6) is 0 Å². The highest BCUT2D eigenvalue weighted by atomic mass is 35.5. The highest BCUT2D eigenvalue weighted by Crippen LogP contribution is 2.29. The Morgan fingerprint density at radius 1 is 1.38 bits per heavy atom. The van der Waals surface area contributed by atoms with Crippen LogP contribution in [0.4, 0.5) is 5.69 Å². The SMILES string of the molecule is Cc1cc(C(N)=O)ccc1NS(=O)(=O)c1sc(Cl)nc1C. The van der Waals surface area contributed by atoms with Crippen LogP contribution in [0.3, 0.4) is 0 Å². The number of thiazole rings is 1. The van der Waals surface area contributed by atoms with Crippen LogP contribution in [-0.2, 0) is 10.0 Å². The second-order valence-electron chi connectivity index (χ2n) is 4.34. The molecule has 3 N–H and O–H groups in total. The van der Waals surface area contributed by atoms with Gasteiger partial charge in [0.05, 0.1) is 11.4 Å². The molecule has 1 aromatic heterocycles. The summed E-state index contributed by atoms with van der Waals surface area (Å²) < 4.78 is 27.3. The van der Waals surface area contributed by atoms with Crippen molar-refractivity contribution in [3.63, 3.8) is 0 Å². The van der Waals surface area contributed by atoms with Gasteiger partial charge in [-0.15, -0.1) is 0 Å². The van der Waals surface area contributed by atoms with Crippen LogP contribution >= 0.6 is 22.9 Å². The maximum Gasteiger partial charge on any atom is 0.273 e. The molecule has 0 atom stereocenters. The monoisotopic (exact) mass is 345 g/mol. The summed E-state index contributed by atoms with van der Waals surface area (Å²) in [4.78, 5) is 15.0. The van der Waals surface area contributed by atoms with Crippen molar-refractivity contribution in [2.24, 2.45) is 5.73 Å². The molecule has 6 nitrogen and oxygen atoms in total. The average Bonchev–Trinajstić information content (AvgIpc) is 2.71. The number of nitrogens with one attached hydrogen (secondary N) is 1. The molecule has 0 unspecified atom stereocenters. The molecule has 0 radical (unpaired) electrons. The molecule has 9 heteroatoms. The number of carbonyl (C=O) groups is 1. The first-order chi connectivity index (χ1) is 9.70. The van der Waals surface area contributed by atoms with E-state index in [1.165, 1.54) is 18.2 Å². The van der Waals surface area contributed by atoms with E-state index in [1.807, 2.05) is 0 Å². The zero-order valence-corrected chi connectivity index (χ0v) is 13.6. The van der Waals surface area contributed by atoms with Crippen molar-refractivity contribution >= 4 is 44.6 Å². The molecule has 0 saturated carbocycles. The van der Waals surface area contributed by atoms with Crippen molar-refractivity contribution < 1.29 is 13.2 Å². The van der Waals surface area contributed by atoms with Gasteiger partial charge in [0.15, 0.2) is 8.68 Å². The standard InChI is InChI=1S/C12H12ClN3O3S2/c1-6-5-8(10(14)17)3-4-9(6)16-21(18,19)11-7(2)15-12(13)20-11/h3-5,16H,1-2H3,(H2,14,17). The van der Waals surface area contributed by atoms with E-state index in [-0.39, 0.29) is 8.68 Å². The molecule has 0 aliphatic carbocycles. The van der Waals surface area contributed by atoms with Gasteiger partial charge in [-0.05, 0) is 37.6 Å². The lowest BCUT2D eigenvalue weighted by atomic mass is 10.1. The Bertz CT molecular complexity index is 815. The molecule has 1 aromatic carbocycles. The summed E-state index contributed by atoms with van der Waals surface area (Å²) >= 11 is 6.61. The zero-order chi connectivity index (χ0) is 15.8. The Morgan fingerprint density at radius 2 is 2.05 bits per heavy atom. The molecule has 0 bridgehead atoms. The number of benzene rings is 1. The van der Waals surface area contributed by atoms with Crippen LogP contribution in [0.15, 0.2) is 22.4 Å². The van der Waals surface area contributed by atoms with Crippen molar-refractivity contribution in [3.8, 4) is 0 Å². The second kappa shape index (κ2) is 5.63. The number of aryl methyl sites for hydroxylation is 2. The summed E-state index contributed by atoms with van der Waals surface area (Å²) in [5.41, 5.74) is 6.78. The van der Waals surface area contributed by atoms with Crippen molar-refractivity contribution in [2.45, 2.75) is 18.1 Å². The number of carbonyl (C=O) groups excluding carboxylic acids is 1. The Morgan fingerprint density at radius 3 is 2.52 bits per heavy atom. The van der Waals surface area contributed by atoms with Gasteiger partial charge in [-0.2, -0.15) is 0 Å². The van der Waals surface area contributed by atoms with E-state index in [4.69, 9.17) is 17.3 Å². The van der Waals surface area contributed by atoms with E-state index in [0.29, 0.717) is 22.5 Å². The predicted octanol–water partition coefficient (Wildman–Crippen LogP) is 2.31. The van der Waals surface area contributed by atoms with Crippen molar-refractivity contribution in [3.05, 3.63) is 39.5 Å². The Labute approximate surface area is 131 Å². The molecular weight excluding hydrogens is 334 g/mol. The van der Waals surface area contributed by atoms with Gasteiger partial charge in [-0.3, -0.25) is 9.52 Å². The third-order valence-electron chi connectivity index (χ3n) is 2.73. The molecule has 2 rings (SSSR count). The summed E-state index contributed by atoms with van der Waals surface area (Å²) in [5, 5.41) is 0.